The Bertz CT molecular complexity index is 450. The molecule has 1 N–H and O–H groups in total. The average Bonchev–Trinajstić information content (AvgIpc) is 2.45. The van der Waals surface area contributed by atoms with Gasteiger partial charge in [-0.05, 0) is 12.5 Å². The number of hydrogen-bond acceptors (Lipinski definition) is 3. The SMILES string of the molecule is CCN(Cc1ccccc1)C(=O)C1CSCC(=O)N1. The zero-order valence-electron chi connectivity index (χ0n) is 11.0. The highest BCUT2D eigenvalue weighted by Gasteiger charge is 2.28. The molecule has 19 heavy (non-hydrogen) atoms. The van der Waals surface area contributed by atoms with Gasteiger partial charge >= 0.3 is 0 Å². The third-order valence-corrected chi connectivity index (χ3v) is 4.10. The Morgan fingerprint density at radius 1 is 1.42 bits per heavy atom. The summed E-state index contributed by atoms with van der Waals surface area (Å²) in [6.45, 7) is 3.19. The van der Waals surface area contributed by atoms with Crippen molar-refractivity contribution >= 4 is 23.6 Å². The zero-order valence-corrected chi connectivity index (χ0v) is 11.8. The highest BCUT2D eigenvalue weighted by molar-refractivity contribution is 8.00. The van der Waals surface area contributed by atoms with Crippen molar-refractivity contribution in [1.29, 1.82) is 0 Å². The first-order valence-corrected chi connectivity index (χ1v) is 7.56. The second kappa shape index (κ2) is 6.61. The van der Waals surface area contributed by atoms with E-state index in [4.69, 9.17) is 0 Å². The Kier molecular flexibility index (Phi) is 4.85. The Labute approximate surface area is 117 Å². The molecule has 0 aliphatic carbocycles. The fourth-order valence-electron chi connectivity index (χ4n) is 2.05. The van der Waals surface area contributed by atoms with Crippen molar-refractivity contribution in [2.45, 2.75) is 19.5 Å². The van der Waals surface area contributed by atoms with Crippen molar-refractivity contribution < 1.29 is 9.59 Å². The molecule has 1 aromatic carbocycles. The van der Waals surface area contributed by atoms with Crippen LogP contribution in [0.3, 0.4) is 0 Å². The first-order chi connectivity index (χ1) is 9.20. The molecule has 1 aliphatic rings. The number of nitrogens with zero attached hydrogens (tertiary/aromatic N) is 1. The minimum atomic E-state index is -0.380. The van der Waals surface area contributed by atoms with Crippen LogP contribution in [0.1, 0.15) is 12.5 Å². The first kappa shape index (κ1) is 13.9. The van der Waals surface area contributed by atoms with Gasteiger partial charge in [0.15, 0.2) is 0 Å². The summed E-state index contributed by atoms with van der Waals surface area (Å²) in [7, 11) is 0. The molecule has 0 bridgehead atoms. The van der Waals surface area contributed by atoms with Gasteiger partial charge in [0.1, 0.15) is 6.04 Å². The van der Waals surface area contributed by atoms with Crippen LogP contribution >= 0.6 is 11.8 Å². The lowest BCUT2D eigenvalue weighted by Crippen LogP contribution is -2.52. The van der Waals surface area contributed by atoms with Crippen LogP contribution in [0.25, 0.3) is 0 Å². The molecule has 1 unspecified atom stereocenters. The molecule has 102 valence electrons. The van der Waals surface area contributed by atoms with E-state index in [1.54, 1.807) is 4.90 Å². The van der Waals surface area contributed by atoms with E-state index in [-0.39, 0.29) is 17.9 Å². The van der Waals surface area contributed by atoms with Crippen molar-refractivity contribution in [3.8, 4) is 0 Å². The summed E-state index contributed by atoms with van der Waals surface area (Å²) in [5.41, 5.74) is 1.10. The molecule has 5 heteroatoms. The fraction of sp³-hybridized carbons (Fsp3) is 0.429. The van der Waals surface area contributed by atoms with Crippen LogP contribution in [-0.2, 0) is 16.1 Å². The van der Waals surface area contributed by atoms with Crippen LogP contribution in [-0.4, -0.2) is 40.8 Å². The summed E-state index contributed by atoms with van der Waals surface area (Å²) < 4.78 is 0. The fourth-order valence-corrected chi connectivity index (χ4v) is 2.90. The quantitative estimate of drug-likeness (QED) is 0.902. The maximum absolute atomic E-state index is 12.4. The molecular weight excluding hydrogens is 260 g/mol. The van der Waals surface area contributed by atoms with E-state index < -0.39 is 0 Å². The number of amides is 2. The van der Waals surface area contributed by atoms with Gasteiger partial charge in [0.05, 0.1) is 5.75 Å². The van der Waals surface area contributed by atoms with Gasteiger partial charge in [0.2, 0.25) is 11.8 Å². The standard InChI is InChI=1S/C14H18N2O2S/c1-2-16(8-11-6-4-3-5-7-11)14(18)12-9-19-10-13(17)15-12/h3-7,12H,2,8-10H2,1H3,(H,15,17). The van der Waals surface area contributed by atoms with Crippen LogP contribution in [0.15, 0.2) is 30.3 Å². The Hall–Kier alpha value is -1.49. The Balaban J connectivity index is 2.00. The lowest BCUT2D eigenvalue weighted by Gasteiger charge is -2.29. The summed E-state index contributed by atoms with van der Waals surface area (Å²) >= 11 is 1.51. The van der Waals surface area contributed by atoms with Crippen LogP contribution in [0.2, 0.25) is 0 Å². The van der Waals surface area contributed by atoms with Crippen molar-refractivity contribution in [3.63, 3.8) is 0 Å². The molecule has 0 radical (unpaired) electrons. The van der Waals surface area contributed by atoms with Gasteiger partial charge in [-0.1, -0.05) is 30.3 Å². The normalized spacial score (nSPS) is 18.8. The number of nitrogens with one attached hydrogen (secondary N) is 1. The van der Waals surface area contributed by atoms with Crippen LogP contribution in [0.5, 0.6) is 0 Å². The van der Waals surface area contributed by atoms with Gasteiger partial charge in [-0.2, -0.15) is 0 Å². The minimum Gasteiger partial charge on any atom is -0.343 e. The van der Waals surface area contributed by atoms with E-state index in [1.807, 2.05) is 37.3 Å². The Morgan fingerprint density at radius 2 is 2.16 bits per heavy atom. The predicted molar refractivity (Wildman–Crippen MR) is 76.8 cm³/mol. The summed E-state index contributed by atoms with van der Waals surface area (Å²) in [6.07, 6.45) is 0. The molecule has 0 spiro atoms. The third kappa shape index (κ3) is 3.73. The van der Waals surface area contributed by atoms with Gasteiger partial charge in [-0.25, -0.2) is 0 Å². The lowest BCUT2D eigenvalue weighted by atomic mass is 10.2. The maximum atomic E-state index is 12.4. The lowest BCUT2D eigenvalue weighted by molar-refractivity contribution is -0.135. The number of likely N-dealkylation sites (N-methyl/N-ethyl adjacent to an activating group) is 1. The van der Waals surface area contributed by atoms with Gasteiger partial charge in [-0.3, -0.25) is 9.59 Å². The molecule has 0 saturated carbocycles. The number of hydrogen-bond donors (Lipinski definition) is 1. The molecule has 0 aromatic heterocycles. The van der Waals surface area contributed by atoms with E-state index in [0.717, 1.165) is 5.56 Å². The average molecular weight is 278 g/mol. The topological polar surface area (TPSA) is 49.4 Å². The predicted octanol–water partition coefficient (Wildman–Crippen LogP) is 1.27. The Morgan fingerprint density at radius 3 is 2.79 bits per heavy atom. The molecule has 1 aromatic rings. The van der Waals surface area contributed by atoms with Crippen LogP contribution in [0, 0.1) is 0 Å². The second-order valence-electron chi connectivity index (χ2n) is 4.47. The molecule has 1 atom stereocenters. The molecule has 1 heterocycles. The van der Waals surface area contributed by atoms with E-state index in [2.05, 4.69) is 5.32 Å². The number of carbonyl (C=O) groups is 2. The van der Waals surface area contributed by atoms with Gasteiger partial charge < -0.3 is 10.2 Å². The van der Waals surface area contributed by atoms with E-state index in [1.165, 1.54) is 11.8 Å². The van der Waals surface area contributed by atoms with Gasteiger partial charge in [-0.15, -0.1) is 11.8 Å². The molecule has 4 nitrogen and oxygen atoms in total. The smallest absolute Gasteiger partial charge is 0.246 e. The van der Waals surface area contributed by atoms with E-state index in [0.29, 0.717) is 24.6 Å². The van der Waals surface area contributed by atoms with Crippen LogP contribution < -0.4 is 5.32 Å². The molecular formula is C14H18N2O2S. The van der Waals surface area contributed by atoms with Crippen molar-refractivity contribution in [2.75, 3.05) is 18.1 Å². The number of benzene rings is 1. The highest BCUT2D eigenvalue weighted by Crippen LogP contribution is 2.13. The van der Waals surface area contributed by atoms with E-state index in [9.17, 15) is 9.59 Å². The largest absolute Gasteiger partial charge is 0.343 e. The summed E-state index contributed by atoms with van der Waals surface area (Å²) in [6, 6.07) is 9.51. The number of carbonyl (C=O) groups excluding carboxylic acids is 2. The van der Waals surface area contributed by atoms with Crippen molar-refractivity contribution in [2.24, 2.45) is 0 Å². The van der Waals surface area contributed by atoms with Crippen LogP contribution in [0.4, 0.5) is 0 Å². The highest BCUT2D eigenvalue weighted by atomic mass is 32.2. The molecule has 2 amide bonds. The maximum Gasteiger partial charge on any atom is 0.246 e. The van der Waals surface area contributed by atoms with E-state index >= 15 is 0 Å². The van der Waals surface area contributed by atoms with Gasteiger partial charge in [0.25, 0.3) is 0 Å². The summed E-state index contributed by atoms with van der Waals surface area (Å²) in [4.78, 5) is 25.5. The van der Waals surface area contributed by atoms with Crippen molar-refractivity contribution in [3.05, 3.63) is 35.9 Å². The third-order valence-electron chi connectivity index (χ3n) is 3.06. The minimum absolute atomic E-state index is 0.00639. The molecule has 1 saturated heterocycles. The van der Waals surface area contributed by atoms with Crippen molar-refractivity contribution in [1.82, 2.24) is 10.2 Å². The molecule has 1 fully saturated rings. The second-order valence-corrected chi connectivity index (χ2v) is 5.50. The zero-order chi connectivity index (χ0) is 13.7. The number of rotatable bonds is 4. The molecule has 2 rings (SSSR count). The molecule has 1 aliphatic heterocycles. The monoisotopic (exact) mass is 278 g/mol. The first-order valence-electron chi connectivity index (χ1n) is 6.40. The summed E-state index contributed by atoms with van der Waals surface area (Å²) in [5.74, 6) is 1.07. The number of thioether (sulfide) groups is 1. The van der Waals surface area contributed by atoms with Gasteiger partial charge in [0, 0.05) is 18.8 Å². The summed E-state index contributed by atoms with van der Waals surface area (Å²) in [5, 5.41) is 2.77.